The van der Waals surface area contributed by atoms with Crippen molar-refractivity contribution in [1.82, 2.24) is 4.57 Å². The summed E-state index contributed by atoms with van der Waals surface area (Å²) in [5.74, 6) is -0.888. The van der Waals surface area contributed by atoms with Crippen molar-refractivity contribution >= 4 is 32.9 Å². The van der Waals surface area contributed by atoms with Crippen LogP contribution in [0.1, 0.15) is 16.1 Å². The van der Waals surface area contributed by atoms with Crippen LogP contribution in [0.3, 0.4) is 0 Å². The quantitative estimate of drug-likeness (QED) is 0.213. The summed E-state index contributed by atoms with van der Waals surface area (Å²) in [6.07, 6.45) is 0. The van der Waals surface area contributed by atoms with E-state index < -0.39 is 11.6 Å². The van der Waals surface area contributed by atoms with Crippen LogP contribution in [0.5, 0.6) is 5.75 Å². The molecule has 35 heavy (non-hydrogen) atoms. The largest absolute Gasteiger partial charge is 0.506 e. The van der Waals surface area contributed by atoms with E-state index in [2.05, 4.69) is 15.9 Å². The van der Waals surface area contributed by atoms with Gasteiger partial charge in [-0.1, -0.05) is 64.5 Å². The average molecular weight is 530 g/mol. The predicted molar refractivity (Wildman–Crippen MR) is 138 cm³/mol. The van der Waals surface area contributed by atoms with Gasteiger partial charge in [0.25, 0.3) is 0 Å². The molecule has 0 saturated carbocycles. The summed E-state index contributed by atoms with van der Waals surface area (Å²) in [4.78, 5) is 26.5. The van der Waals surface area contributed by atoms with Gasteiger partial charge in [0.15, 0.2) is 0 Å². The van der Waals surface area contributed by atoms with Gasteiger partial charge in [-0.2, -0.15) is 0 Å². The molecule has 2 aromatic heterocycles. The Kier molecular flexibility index (Phi) is 5.78. The molecule has 0 aliphatic rings. The molecule has 0 spiro atoms. The maximum Gasteiger partial charge on any atom is 0.348 e. The number of carbonyl (C=O) groups is 1. The van der Waals surface area contributed by atoms with Crippen molar-refractivity contribution in [3.05, 3.63) is 105 Å². The highest BCUT2D eigenvalue weighted by Gasteiger charge is 2.32. The second-order valence-electron chi connectivity index (χ2n) is 7.97. The number of nitrogens with zero attached hydrogens (tertiary/aromatic N) is 1. The molecule has 0 atom stereocenters. The van der Waals surface area contributed by atoms with Crippen LogP contribution < -0.4 is 5.63 Å². The fourth-order valence-electron chi connectivity index (χ4n) is 4.45. The molecular formula is C28H20BrNO5. The van der Waals surface area contributed by atoms with E-state index in [1.807, 2.05) is 59.2 Å². The van der Waals surface area contributed by atoms with E-state index in [1.165, 1.54) is 7.11 Å². The summed E-state index contributed by atoms with van der Waals surface area (Å²) in [6.45, 7) is 1.78. The molecule has 0 unspecified atom stereocenters. The lowest BCUT2D eigenvalue weighted by Gasteiger charge is -2.14. The second kappa shape index (κ2) is 8.92. The number of fused-ring (bicyclic) bond motifs is 1. The van der Waals surface area contributed by atoms with Gasteiger partial charge >= 0.3 is 11.6 Å². The van der Waals surface area contributed by atoms with E-state index in [4.69, 9.17) is 9.15 Å². The lowest BCUT2D eigenvalue weighted by molar-refractivity contribution is 0.0601. The van der Waals surface area contributed by atoms with Crippen molar-refractivity contribution in [2.24, 2.45) is 0 Å². The highest BCUT2D eigenvalue weighted by Crippen LogP contribution is 2.44. The third-order valence-corrected chi connectivity index (χ3v) is 6.44. The fraction of sp³-hybridized carbons (Fsp3) is 0.0714. The molecule has 5 aromatic rings. The van der Waals surface area contributed by atoms with E-state index >= 15 is 0 Å². The number of carbonyl (C=O) groups excluding carboxylic acids is 1. The smallest absolute Gasteiger partial charge is 0.348 e. The number of benzene rings is 3. The first-order chi connectivity index (χ1) is 16.9. The van der Waals surface area contributed by atoms with Gasteiger partial charge in [-0.25, -0.2) is 9.59 Å². The predicted octanol–water partition coefficient (Wildman–Crippen LogP) is 6.48. The normalized spacial score (nSPS) is 11.1. The number of hydrogen-bond acceptors (Lipinski definition) is 5. The second-order valence-corrected chi connectivity index (χ2v) is 8.88. The highest BCUT2D eigenvalue weighted by molar-refractivity contribution is 9.10. The topological polar surface area (TPSA) is 81.7 Å². The Balaban J connectivity index is 2.01. The summed E-state index contributed by atoms with van der Waals surface area (Å²) < 4.78 is 13.4. The fourth-order valence-corrected chi connectivity index (χ4v) is 4.83. The van der Waals surface area contributed by atoms with Crippen LogP contribution in [0.25, 0.3) is 39.0 Å². The van der Waals surface area contributed by atoms with Gasteiger partial charge in [0.1, 0.15) is 16.9 Å². The highest BCUT2D eigenvalue weighted by atomic mass is 79.9. The van der Waals surface area contributed by atoms with Crippen LogP contribution in [-0.2, 0) is 4.74 Å². The summed E-state index contributed by atoms with van der Waals surface area (Å²) in [5.41, 5.74) is 2.43. The summed E-state index contributed by atoms with van der Waals surface area (Å²) in [5, 5.41) is 11.7. The molecule has 6 nitrogen and oxygen atoms in total. The zero-order chi connectivity index (χ0) is 24.7. The lowest BCUT2D eigenvalue weighted by atomic mass is 9.96. The number of methoxy groups -OCH3 is 1. The van der Waals surface area contributed by atoms with Crippen LogP contribution in [0.15, 0.2) is 92.5 Å². The monoisotopic (exact) mass is 529 g/mol. The third-order valence-electron chi connectivity index (χ3n) is 5.95. The van der Waals surface area contributed by atoms with E-state index in [1.54, 1.807) is 31.2 Å². The number of ether oxygens (including phenoxy) is 1. The van der Waals surface area contributed by atoms with E-state index in [-0.39, 0.29) is 28.0 Å². The molecule has 1 N–H and O–H groups in total. The molecule has 0 amide bonds. The van der Waals surface area contributed by atoms with Crippen LogP contribution in [-0.4, -0.2) is 22.8 Å². The first-order valence-corrected chi connectivity index (χ1v) is 11.6. The van der Waals surface area contributed by atoms with Gasteiger partial charge in [0, 0.05) is 21.4 Å². The van der Waals surface area contributed by atoms with E-state index in [0.29, 0.717) is 16.8 Å². The van der Waals surface area contributed by atoms with Crippen LogP contribution in [0, 0.1) is 6.92 Å². The SMILES string of the molecule is COC(=O)c1c(-c2c(O)c3ccccc3oc2=O)c(-c2ccccc2)n(-c2cccc(Br)c2)c1C. The van der Waals surface area contributed by atoms with Crippen LogP contribution in [0.2, 0.25) is 0 Å². The number of esters is 1. The zero-order valence-corrected chi connectivity index (χ0v) is 20.5. The Morgan fingerprint density at radius 3 is 2.40 bits per heavy atom. The summed E-state index contributed by atoms with van der Waals surface area (Å²) in [7, 11) is 1.28. The van der Waals surface area contributed by atoms with Gasteiger partial charge in [0.2, 0.25) is 0 Å². The molecule has 0 aliphatic carbocycles. The summed E-state index contributed by atoms with van der Waals surface area (Å²) in [6, 6.07) is 23.7. The molecule has 0 aliphatic heterocycles. The minimum Gasteiger partial charge on any atom is -0.506 e. The Labute approximate surface area is 209 Å². The first kappa shape index (κ1) is 22.7. The van der Waals surface area contributed by atoms with Crippen LogP contribution in [0.4, 0.5) is 0 Å². The van der Waals surface area contributed by atoms with Crippen molar-refractivity contribution in [2.75, 3.05) is 7.11 Å². The molecule has 0 fully saturated rings. The number of hydrogen-bond donors (Lipinski definition) is 1. The van der Waals surface area contributed by atoms with Gasteiger partial charge in [-0.3, -0.25) is 0 Å². The average Bonchev–Trinajstić information content (AvgIpc) is 3.16. The third kappa shape index (κ3) is 3.74. The number of aromatic hydroxyl groups is 1. The molecule has 0 radical (unpaired) electrons. The Hall–Kier alpha value is -4.10. The molecule has 0 saturated heterocycles. The first-order valence-electron chi connectivity index (χ1n) is 10.8. The van der Waals surface area contributed by atoms with Gasteiger partial charge in [-0.05, 0) is 42.8 Å². The van der Waals surface area contributed by atoms with E-state index in [9.17, 15) is 14.7 Å². The molecular weight excluding hydrogens is 510 g/mol. The minimum atomic E-state index is -0.755. The van der Waals surface area contributed by atoms with Crippen molar-refractivity contribution in [2.45, 2.75) is 6.92 Å². The minimum absolute atomic E-state index is 0.0974. The van der Waals surface area contributed by atoms with Crippen molar-refractivity contribution < 1.29 is 19.1 Å². The molecule has 7 heteroatoms. The van der Waals surface area contributed by atoms with Crippen molar-refractivity contribution in [1.29, 1.82) is 0 Å². The number of rotatable bonds is 4. The maximum absolute atomic E-state index is 13.3. The summed E-state index contributed by atoms with van der Waals surface area (Å²) >= 11 is 3.52. The molecule has 0 bridgehead atoms. The molecule has 2 heterocycles. The maximum atomic E-state index is 13.3. The number of aromatic nitrogens is 1. The molecule has 5 rings (SSSR count). The Morgan fingerprint density at radius 2 is 1.69 bits per heavy atom. The number of para-hydroxylation sites is 1. The van der Waals surface area contributed by atoms with Gasteiger partial charge in [-0.15, -0.1) is 0 Å². The Morgan fingerprint density at radius 1 is 0.971 bits per heavy atom. The Bertz CT molecular complexity index is 1650. The number of halogens is 1. The molecule has 174 valence electrons. The van der Waals surface area contributed by atoms with Gasteiger partial charge < -0.3 is 18.8 Å². The molecule has 3 aromatic carbocycles. The standard InChI is InChI=1S/C28H20BrNO5/c1-16-22(27(32)34-2)23(24-26(31)20-13-6-7-14-21(20)35-28(24)33)25(17-9-4-3-5-10-17)30(16)19-12-8-11-18(29)15-19/h3-15,31H,1-2H3. The van der Waals surface area contributed by atoms with Crippen LogP contribution >= 0.6 is 15.9 Å². The van der Waals surface area contributed by atoms with E-state index in [0.717, 1.165) is 15.7 Å². The van der Waals surface area contributed by atoms with Crippen molar-refractivity contribution in [3.8, 4) is 33.8 Å². The lowest BCUT2D eigenvalue weighted by Crippen LogP contribution is -2.09. The van der Waals surface area contributed by atoms with Crippen molar-refractivity contribution in [3.63, 3.8) is 0 Å². The van der Waals surface area contributed by atoms with Gasteiger partial charge in [0.05, 0.1) is 23.8 Å². The zero-order valence-electron chi connectivity index (χ0n) is 18.9.